The minimum Gasteiger partial charge on any atom is -0.493 e. The van der Waals surface area contributed by atoms with Crippen LogP contribution in [0.5, 0.6) is 11.5 Å². The molecule has 2 heterocycles. The van der Waals surface area contributed by atoms with Crippen molar-refractivity contribution in [1.82, 2.24) is 4.90 Å². The predicted molar refractivity (Wildman–Crippen MR) is 156 cm³/mol. The molecule has 0 aromatic heterocycles. The Morgan fingerprint density at radius 2 is 1.95 bits per heavy atom. The summed E-state index contributed by atoms with van der Waals surface area (Å²) in [6.45, 7) is 2.50. The van der Waals surface area contributed by atoms with E-state index in [2.05, 4.69) is 59.1 Å². The van der Waals surface area contributed by atoms with Crippen molar-refractivity contribution in [3.63, 3.8) is 0 Å². The summed E-state index contributed by atoms with van der Waals surface area (Å²) in [6, 6.07) is 14.0. The fraction of sp³-hybridized carbons (Fsp3) is 0.588. The molecule has 8 aliphatic rings. The number of methoxy groups -OCH3 is 2. The van der Waals surface area contributed by atoms with Crippen molar-refractivity contribution in [2.24, 2.45) is 17.3 Å². The number of benzene rings is 2. The molecule has 2 aromatic rings. The highest BCUT2D eigenvalue weighted by atomic mass is 32.2. The number of nitrogens with zero attached hydrogens (tertiary/aromatic N) is 1. The van der Waals surface area contributed by atoms with E-state index in [-0.39, 0.29) is 22.5 Å². The molecule has 204 valence electrons. The second-order valence-electron chi connectivity index (χ2n) is 13.5. The van der Waals surface area contributed by atoms with Gasteiger partial charge in [-0.3, -0.25) is 4.90 Å². The van der Waals surface area contributed by atoms with Gasteiger partial charge in [-0.15, -0.1) is 11.8 Å². The molecule has 2 spiro atoms. The summed E-state index contributed by atoms with van der Waals surface area (Å²) in [5, 5.41) is 0. The molecule has 1 saturated heterocycles. The van der Waals surface area contributed by atoms with Crippen LogP contribution >= 0.6 is 11.8 Å². The highest BCUT2D eigenvalue weighted by Crippen LogP contribution is 2.77. The molecule has 0 radical (unpaired) electrons. The number of hydrogen-bond acceptors (Lipinski definition) is 5. The number of ether oxygens (including phenoxy) is 3. The average Bonchev–Trinajstić information content (AvgIpc) is 3.56. The summed E-state index contributed by atoms with van der Waals surface area (Å²) >= 11 is 2.09. The van der Waals surface area contributed by atoms with Crippen LogP contribution in [0.4, 0.5) is 0 Å². The SMILES string of the molecule is COc1ccc2c3c1O[C@H]1[C@@]4(OC)CC[C@@]5(C[C@@H]4CSC4=Cc6ccccc6C4)[C@@H](C2)N(CC2CC2)CC[C@]315. The Labute approximate surface area is 236 Å². The summed E-state index contributed by atoms with van der Waals surface area (Å²) in [5.41, 5.74) is 5.95. The highest BCUT2D eigenvalue weighted by Gasteiger charge is 2.80. The van der Waals surface area contributed by atoms with E-state index >= 15 is 0 Å². The Morgan fingerprint density at radius 3 is 2.77 bits per heavy atom. The molecule has 6 atom stereocenters. The zero-order valence-electron chi connectivity index (χ0n) is 23.2. The first-order chi connectivity index (χ1) is 19.1. The van der Waals surface area contributed by atoms with Crippen LogP contribution in [0.25, 0.3) is 6.08 Å². The van der Waals surface area contributed by atoms with Crippen LogP contribution in [-0.4, -0.2) is 55.7 Å². The van der Waals surface area contributed by atoms with E-state index in [1.807, 2.05) is 7.11 Å². The fourth-order valence-corrected chi connectivity index (χ4v) is 11.7. The largest absolute Gasteiger partial charge is 0.493 e. The quantitative estimate of drug-likeness (QED) is 0.414. The second-order valence-corrected chi connectivity index (χ2v) is 14.7. The topological polar surface area (TPSA) is 30.9 Å². The second kappa shape index (κ2) is 8.08. The number of thioether (sulfide) groups is 1. The van der Waals surface area contributed by atoms with Crippen LogP contribution < -0.4 is 9.47 Å². The first-order valence-electron chi connectivity index (χ1n) is 15.2. The molecule has 0 amide bonds. The first kappa shape index (κ1) is 23.7. The number of likely N-dealkylation sites (tertiary alicyclic amines) is 1. The zero-order chi connectivity index (χ0) is 26.0. The van der Waals surface area contributed by atoms with E-state index in [0.29, 0.717) is 12.0 Å². The van der Waals surface area contributed by atoms with Crippen LogP contribution in [0.3, 0.4) is 0 Å². The van der Waals surface area contributed by atoms with Gasteiger partial charge in [0.15, 0.2) is 11.5 Å². The van der Waals surface area contributed by atoms with Gasteiger partial charge in [0.2, 0.25) is 0 Å². The number of allylic oxidation sites excluding steroid dienone is 1. The third-order valence-corrected chi connectivity index (χ3v) is 13.4. The fourth-order valence-electron chi connectivity index (χ4n) is 10.4. The van der Waals surface area contributed by atoms with Gasteiger partial charge in [-0.25, -0.2) is 0 Å². The predicted octanol–water partition coefficient (Wildman–Crippen LogP) is 6.25. The minimum atomic E-state index is -0.247. The van der Waals surface area contributed by atoms with Crippen molar-refractivity contribution in [2.45, 2.75) is 74.5 Å². The standard InChI is InChI=1S/C34H39NO3S/c1-36-27-10-9-24-17-28-32-11-12-34(37-2,25(18-32)20-39-26-15-22-5-3-4-6-23(22)16-26)31-33(32,29(24)30(27)38-31)13-14-35(28)19-21-7-8-21/h3-6,9-10,15,21,25,28,31H,7-8,11-14,16-20H2,1-2H3/t25-,28-,31-,32-,33+,34-/m1/s1. The van der Waals surface area contributed by atoms with E-state index in [1.165, 1.54) is 72.4 Å². The lowest BCUT2D eigenvalue weighted by Crippen LogP contribution is -2.81. The van der Waals surface area contributed by atoms with Gasteiger partial charge < -0.3 is 14.2 Å². The van der Waals surface area contributed by atoms with Crippen LogP contribution in [-0.2, 0) is 23.0 Å². The Hall–Kier alpha value is -1.95. The third-order valence-electron chi connectivity index (χ3n) is 12.2. The summed E-state index contributed by atoms with van der Waals surface area (Å²) in [4.78, 5) is 4.45. The van der Waals surface area contributed by atoms with Crippen LogP contribution in [0.2, 0.25) is 0 Å². The number of hydrogen-bond donors (Lipinski definition) is 0. The molecule has 0 N–H and O–H groups in total. The molecule has 4 saturated carbocycles. The van der Waals surface area contributed by atoms with Crippen LogP contribution in [0.1, 0.15) is 60.8 Å². The van der Waals surface area contributed by atoms with Gasteiger partial charge in [-0.1, -0.05) is 30.3 Å². The van der Waals surface area contributed by atoms with E-state index in [0.717, 1.165) is 42.4 Å². The summed E-state index contributed by atoms with van der Waals surface area (Å²) in [5.74, 6) is 4.47. The van der Waals surface area contributed by atoms with Crippen molar-refractivity contribution in [3.05, 3.63) is 63.6 Å². The first-order valence-corrected chi connectivity index (χ1v) is 16.2. The van der Waals surface area contributed by atoms with E-state index < -0.39 is 0 Å². The summed E-state index contributed by atoms with van der Waals surface area (Å²) in [7, 11) is 3.78. The van der Waals surface area contributed by atoms with Gasteiger partial charge in [0.25, 0.3) is 0 Å². The molecule has 4 bridgehead atoms. The van der Waals surface area contributed by atoms with Crippen LogP contribution in [0.15, 0.2) is 41.3 Å². The Bertz CT molecular complexity index is 1400. The number of fused-ring (bicyclic) bond motifs is 3. The van der Waals surface area contributed by atoms with Crippen molar-refractivity contribution in [1.29, 1.82) is 0 Å². The highest BCUT2D eigenvalue weighted by molar-refractivity contribution is 8.03. The van der Waals surface area contributed by atoms with Gasteiger partial charge in [-0.05, 0) is 91.1 Å². The molecule has 0 unspecified atom stereocenters. The molecule has 4 nitrogen and oxygen atoms in total. The molecule has 2 aromatic carbocycles. The Kier molecular flexibility index (Phi) is 4.91. The van der Waals surface area contributed by atoms with Crippen molar-refractivity contribution >= 4 is 17.8 Å². The molecule has 5 fully saturated rings. The Balaban J connectivity index is 1.14. The monoisotopic (exact) mass is 541 g/mol. The molecule has 2 aliphatic heterocycles. The van der Waals surface area contributed by atoms with Gasteiger partial charge in [0, 0.05) is 54.2 Å². The normalized spacial score (nSPS) is 38.7. The lowest BCUT2D eigenvalue weighted by molar-refractivity contribution is -0.273. The van der Waals surface area contributed by atoms with Gasteiger partial charge in [-0.2, -0.15) is 0 Å². The maximum atomic E-state index is 7.21. The molecule has 6 aliphatic carbocycles. The number of piperidine rings is 1. The maximum absolute atomic E-state index is 7.21. The molecular formula is C34H39NO3S. The van der Waals surface area contributed by atoms with Gasteiger partial charge >= 0.3 is 0 Å². The van der Waals surface area contributed by atoms with E-state index in [4.69, 9.17) is 14.2 Å². The molecule has 5 heteroatoms. The molecular weight excluding hydrogens is 502 g/mol. The lowest BCUT2D eigenvalue weighted by Gasteiger charge is -2.74. The van der Waals surface area contributed by atoms with E-state index in [9.17, 15) is 0 Å². The van der Waals surface area contributed by atoms with Gasteiger partial charge in [0.1, 0.15) is 11.7 Å². The lowest BCUT2D eigenvalue weighted by atomic mass is 9.35. The molecule has 10 rings (SSSR count). The smallest absolute Gasteiger partial charge is 0.165 e. The summed E-state index contributed by atoms with van der Waals surface area (Å²) < 4.78 is 19.9. The van der Waals surface area contributed by atoms with Crippen molar-refractivity contribution in [3.8, 4) is 11.5 Å². The number of rotatable bonds is 7. The molecule has 39 heavy (non-hydrogen) atoms. The van der Waals surface area contributed by atoms with E-state index in [1.54, 1.807) is 7.11 Å². The third kappa shape index (κ3) is 2.90. The van der Waals surface area contributed by atoms with Crippen molar-refractivity contribution in [2.75, 3.05) is 33.1 Å². The van der Waals surface area contributed by atoms with Gasteiger partial charge in [0.05, 0.1) is 7.11 Å². The van der Waals surface area contributed by atoms with Crippen molar-refractivity contribution < 1.29 is 14.2 Å². The average molecular weight is 542 g/mol. The summed E-state index contributed by atoms with van der Waals surface area (Å²) in [6.07, 6.45) is 12.4. The Morgan fingerprint density at radius 1 is 1.05 bits per heavy atom. The van der Waals surface area contributed by atoms with Crippen LogP contribution in [0, 0.1) is 17.3 Å². The zero-order valence-corrected chi connectivity index (χ0v) is 24.0. The maximum Gasteiger partial charge on any atom is 0.165 e. The minimum absolute atomic E-state index is 0.0491.